The van der Waals surface area contributed by atoms with Gasteiger partial charge in [0.1, 0.15) is 19.3 Å². The first kappa shape index (κ1) is 21.9. The highest BCUT2D eigenvalue weighted by Crippen LogP contribution is 2.10. The Morgan fingerprint density at radius 1 is 0.870 bits per heavy atom. The summed E-state index contributed by atoms with van der Waals surface area (Å²) in [7, 11) is 0. The van der Waals surface area contributed by atoms with Crippen LogP contribution in [0.15, 0.2) is 0 Å². The predicted octanol–water partition coefficient (Wildman–Crippen LogP) is 3.88. The Bertz CT molecular complexity index is 317. The topological polar surface area (TPSA) is 61.8 Å². The van der Waals surface area contributed by atoms with E-state index in [4.69, 9.17) is 14.2 Å². The molecular weight excluding hydrogens is 296 g/mol. The summed E-state index contributed by atoms with van der Waals surface area (Å²) in [6, 6.07) is 0. The maximum absolute atomic E-state index is 11.5. The van der Waals surface area contributed by atoms with Gasteiger partial charge in [-0.25, -0.2) is 9.59 Å². The number of hydrogen-bond donors (Lipinski definition) is 0. The number of rotatable bonds is 14. The minimum absolute atomic E-state index is 0.143. The molecule has 0 aliphatic heterocycles. The summed E-state index contributed by atoms with van der Waals surface area (Å²) in [6.45, 7) is 8.12. The van der Waals surface area contributed by atoms with Gasteiger partial charge in [-0.1, -0.05) is 59.3 Å². The molecule has 0 aromatic heterocycles. The van der Waals surface area contributed by atoms with Crippen molar-refractivity contribution in [2.45, 2.75) is 78.7 Å². The fourth-order valence-electron chi connectivity index (χ4n) is 2.02. The molecule has 0 saturated carbocycles. The Labute approximate surface area is 141 Å². The normalized spacial score (nSPS) is 13.4. The molecule has 0 aromatic carbocycles. The van der Waals surface area contributed by atoms with Crippen LogP contribution in [0.5, 0.6) is 0 Å². The van der Waals surface area contributed by atoms with E-state index in [0.717, 1.165) is 19.3 Å². The molecule has 0 saturated heterocycles. The summed E-state index contributed by atoms with van der Waals surface area (Å²) < 4.78 is 15.3. The van der Waals surface area contributed by atoms with Gasteiger partial charge in [0.15, 0.2) is 0 Å². The monoisotopic (exact) mass is 330 g/mol. The zero-order valence-electron chi connectivity index (χ0n) is 15.3. The Balaban J connectivity index is 3.53. The van der Waals surface area contributed by atoms with Gasteiger partial charge in [0.25, 0.3) is 0 Å². The molecule has 136 valence electrons. The standard InChI is InChI=1S/C18H34O5/c1-5-7-8-9-10-11-12-22-17(19)13-21-14-18(20)23-16(4)15(3)6-2/h15-16H,5-14H2,1-4H3. The lowest BCUT2D eigenvalue weighted by molar-refractivity contribution is -0.159. The molecule has 0 aromatic rings. The van der Waals surface area contributed by atoms with Crippen molar-refractivity contribution >= 4 is 11.9 Å². The first-order chi connectivity index (χ1) is 11.0. The second-order valence-corrected chi connectivity index (χ2v) is 6.06. The number of carbonyl (C=O) groups excluding carboxylic acids is 2. The average molecular weight is 330 g/mol. The van der Waals surface area contributed by atoms with Crippen LogP contribution in [0.4, 0.5) is 0 Å². The summed E-state index contributed by atoms with van der Waals surface area (Å²) in [5.74, 6) is -0.566. The zero-order valence-corrected chi connectivity index (χ0v) is 15.3. The fourth-order valence-corrected chi connectivity index (χ4v) is 2.02. The molecule has 2 unspecified atom stereocenters. The van der Waals surface area contributed by atoms with Gasteiger partial charge in [0.05, 0.1) is 6.61 Å². The van der Waals surface area contributed by atoms with Crippen molar-refractivity contribution in [1.82, 2.24) is 0 Å². The number of ether oxygens (including phenoxy) is 3. The Morgan fingerprint density at radius 3 is 2.13 bits per heavy atom. The van der Waals surface area contributed by atoms with Crippen LogP contribution in [0.2, 0.25) is 0 Å². The molecule has 0 N–H and O–H groups in total. The molecule has 5 nitrogen and oxygen atoms in total. The minimum atomic E-state index is -0.443. The van der Waals surface area contributed by atoms with Crippen molar-refractivity contribution in [2.75, 3.05) is 19.8 Å². The molecule has 0 heterocycles. The predicted molar refractivity (Wildman–Crippen MR) is 90.2 cm³/mol. The average Bonchev–Trinajstić information content (AvgIpc) is 2.53. The van der Waals surface area contributed by atoms with E-state index < -0.39 is 11.9 Å². The summed E-state index contributed by atoms with van der Waals surface area (Å²) >= 11 is 0. The largest absolute Gasteiger partial charge is 0.464 e. The van der Waals surface area contributed by atoms with E-state index in [-0.39, 0.29) is 19.3 Å². The third-order valence-electron chi connectivity index (χ3n) is 3.96. The maximum Gasteiger partial charge on any atom is 0.332 e. The Hall–Kier alpha value is -1.10. The van der Waals surface area contributed by atoms with Crippen molar-refractivity contribution in [3.05, 3.63) is 0 Å². The maximum atomic E-state index is 11.5. The molecule has 5 heteroatoms. The molecule has 0 spiro atoms. The van der Waals surface area contributed by atoms with Gasteiger partial charge in [0.2, 0.25) is 0 Å². The molecule has 0 radical (unpaired) electrons. The highest BCUT2D eigenvalue weighted by Gasteiger charge is 2.15. The van der Waals surface area contributed by atoms with E-state index in [1.165, 1.54) is 25.7 Å². The smallest absolute Gasteiger partial charge is 0.332 e. The van der Waals surface area contributed by atoms with E-state index in [9.17, 15) is 9.59 Å². The quantitative estimate of drug-likeness (QED) is 0.357. The van der Waals surface area contributed by atoms with Gasteiger partial charge in [-0.05, 0) is 19.3 Å². The number of carbonyl (C=O) groups is 2. The van der Waals surface area contributed by atoms with Gasteiger partial charge < -0.3 is 14.2 Å². The molecule has 0 bridgehead atoms. The van der Waals surface area contributed by atoms with Crippen LogP contribution in [-0.2, 0) is 23.8 Å². The van der Waals surface area contributed by atoms with E-state index >= 15 is 0 Å². The second-order valence-electron chi connectivity index (χ2n) is 6.06. The highest BCUT2D eigenvalue weighted by molar-refractivity contribution is 5.73. The van der Waals surface area contributed by atoms with E-state index in [1.54, 1.807) is 0 Å². The van der Waals surface area contributed by atoms with Crippen molar-refractivity contribution < 1.29 is 23.8 Å². The van der Waals surface area contributed by atoms with Gasteiger partial charge in [0, 0.05) is 0 Å². The van der Waals surface area contributed by atoms with Crippen LogP contribution in [-0.4, -0.2) is 37.9 Å². The van der Waals surface area contributed by atoms with E-state index in [2.05, 4.69) is 6.92 Å². The Morgan fingerprint density at radius 2 is 1.48 bits per heavy atom. The SMILES string of the molecule is CCCCCCCCOC(=O)COCC(=O)OC(C)C(C)CC. The van der Waals surface area contributed by atoms with Gasteiger partial charge in [-0.3, -0.25) is 0 Å². The summed E-state index contributed by atoms with van der Waals surface area (Å²) in [5, 5.41) is 0. The van der Waals surface area contributed by atoms with Crippen LogP contribution in [0.1, 0.15) is 72.6 Å². The number of hydrogen-bond acceptors (Lipinski definition) is 5. The molecular formula is C18H34O5. The van der Waals surface area contributed by atoms with Crippen molar-refractivity contribution in [3.8, 4) is 0 Å². The van der Waals surface area contributed by atoms with Crippen LogP contribution in [0, 0.1) is 5.92 Å². The number of unbranched alkanes of at least 4 members (excludes halogenated alkanes) is 5. The van der Waals surface area contributed by atoms with Gasteiger partial charge in [-0.15, -0.1) is 0 Å². The van der Waals surface area contributed by atoms with Crippen LogP contribution in [0.3, 0.4) is 0 Å². The fraction of sp³-hybridized carbons (Fsp3) is 0.889. The summed E-state index contributed by atoms with van der Waals surface area (Å²) in [6.07, 6.45) is 7.67. The van der Waals surface area contributed by atoms with Crippen LogP contribution >= 0.6 is 0 Å². The first-order valence-electron chi connectivity index (χ1n) is 8.94. The van der Waals surface area contributed by atoms with Crippen molar-refractivity contribution in [2.24, 2.45) is 5.92 Å². The lowest BCUT2D eigenvalue weighted by Gasteiger charge is -2.18. The Kier molecular flexibility index (Phi) is 13.8. The minimum Gasteiger partial charge on any atom is -0.464 e. The van der Waals surface area contributed by atoms with Crippen LogP contribution < -0.4 is 0 Å². The van der Waals surface area contributed by atoms with Crippen LogP contribution in [0.25, 0.3) is 0 Å². The molecule has 0 rings (SSSR count). The van der Waals surface area contributed by atoms with E-state index in [0.29, 0.717) is 12.5 Å². The van der Waals surface area contributed by atoms with Gasteiger partial charge >= 0.3 is 11.9 Å². The second kappa shape index (κ2) is 14.5. The summed E-state index contributed by atoms with van der Waals surface area (Å²) in [5.41, 5.74) is 0. The highest BCUT2D eigenvalue weighted by atomic mass is 16.6. The van der Waals surface area contributed by atoms with Crippen molar-refractivity contribution in [1.29, 1.82) is 0 Å². The molecule has 0 fully saturated rings. The molecule has 0 amide bonds. The molecule has 0 aliphatic rings. The third kappa shape index (κ3) is 13.1. The van der Waals surface area contributed by atoms with E-state index in [1.807, 2.05) is 20.8 Å². The molecule has 2 atom stereocenters. The van der Waals surface area contributed by atoms with Crippen molar-refractivity contribution in [3.63, 3.8) is 0 Å². The van der Waals surface area contributed by atoms with Gasteiger partial charge in [-0.2, -0.15) is 0 Å². The summed E-state index contributed by atoms with van der Waals surface area (Å²) in [4.78, 5) is 23.0. The zero-order chi connectivity index (χ0) is 17.5. The third-order valence-corrected chi connectivity index (χ3v) is 3.96. The molecule has 23 heavy (non-hydrogen) atoms. The number of esters is 2. The lowest BCUT2D eigenvalue weighted by Crippen LogP contribution is -2.25. The lowest BCUT2D eigenvalue weighted by atomic mass is 10.0. The first-order valence-corrected chi connectivity index (χ1v) is 8.94. The molecule has 0 aliphatic carbocycles.